The van der Waals surface area contributed by atoms with Gasteiger partial charge in [-0.1, -0.05) is 0 Å². The fourth-order valence-electron chi connectivity index (χ4n) is 2.43. The third-order valence-corrected chi connectivity index (χ3v) is 3.79. The van der Waals surface area contributed by atoms with Gasteiger partial charge in [0.15, 0.2) is 11.6 Å². The van der Waals surface area contributed by atoms with Crippen molar-refractivity contribution in [3.8, 4) is 5.75 Å². The fraction of sp³-hybridized carbons (Fsp3) is 0.533. The molecule has 20 heavy (non-hydrogen) atoms. The molecular weight excluding hydrogens is 261 g/mol. The van der Waals surface area contributed by atoms with Gasteiger partial charge in [-0.15, -0.1) is 0 Å². The first-order chi connectivity index (χ1) is 9.61. The molecule has 0 amide bonds. The van der Waals surface area contributed by atoms with Crippen LogP contribution >= 0.6 is 0 Å². The van der Waals surface area contributed by atoms with E-state index >= 15 is 0 Å². The molecule has 1 saturated heterocycles. The monoisotopic (exact) mass is 279 g/mol. The van der Waals surface area contributed by atoms with Gasteiger partial charge >= 0.3 is 5.97 Å². The summed E-state index contributed by atoms with van der Waals surface area (Å²) in [5.74, 6) is -0.406. The summed E-state index contributed by atoms with van der Waals surface area (Å²) >= 11 is 0. The molecule has 1 aliphatic carbocycles. The highest BCUT2D eigenvalue weighted by atomic mass is 19.1. The van der Waals surface area contributed by atoms with Crippen molar-refractivity contribution in [2.75, 3.05) is 5.32 Å². The highest BCUT2D eigenvalue weighted by Crippen LogP contribution is 2.29. The molecule has 1 heterocycles. The van der Waals surface area contributed by atoms with Gasteiger partial charge in [-0.3, -0.25) is 0 Å². The molecule has 1 aliphatic heterocycles. The number of hydrogen-bond acceptors (Lipinski definition) is 4. The molecule has 3 rings (SSSR count). The van der Waals surface area contributed by atoms with Crippen LogP contribution in [0.15, 0.2) is 18.2 Å². The molecule has 2 unspecified atom stereocenters. The van der Waals surface area contributed by atoms with Crippen molar-refractivity contribution >= 4 is 11.7 Å². The van der Waals surface area contributed by atoms with Crippen LogP contribution in [-0.4, -0.2) is 24.2 Å². The van der Waals surface area contributed by atoms with Crippen molar-refractivity contribution in [3.05, 3.63) is 24.0 Å². The zero-order valence-electron chi connectivity index (χ0n) is 11.4. The van der Waals surface area contributed by atoms with Gasteiger partial charge in [0, 0.05) is 18.2 Å². The first-order valence-corrected chi connectivity index (χ1v) is 7.05. The zero-order chi connectivity index (χ0) is 14.1. The lowest BCUT2D eigenvalue weighted by molar-refractivity contribution is -0.141. The highest BCUT2D eigenvalue weighted by Gasteiger charge is 2.31. The minimum absolute atomic E-state index is 0.0916. The number of cyclic esters (lactones) is 1. The Morgan fingerprint density at radius 2 is 2.20 bits per heavy atom. The topological polar surface area (TPSA) is 47.6 Å². The first kappa shape index (κ1) is 13.2. The molecule has 0 bridgehead atoms. The van der Waals surface area contributed by atoms with Gasteiger partial charge in [0.05, 0.1) is 6.10 Å². The lowest BCUT2D eigenvalue weighted by atomic mass is 9.96. The third-order valence-electron chi connectivity index (χ3n) is 3.79. The minimum atomic E-state index is -0.402. The second-order valence-electron chi connectivity index (χ2n) is 5.50. The second-order valence-corrected chi connectivity index (χ2v) is 5.50. The number of ether oxygens (including phenoxy) is 2. The van der Waals surface area contributed by atoms with E-state index in [0.29, 0.717) is 12.1 Å². The average Bonchev–Trinajstić information content (AvgIpc) is 2.64. The van der Waals surface area contributed by atoms with Crippen LogP contribution in [0.2, 0.25) is 0 Å². The van der Waals surface area contributed by atoms with E-state index in [0.717, 1.165) is 19.3 Å². The number of rotatable bonds is 4. The van der Waals surface area contributed by atoms with Gasteiger partial charge in [0.2, 0.25) is 0 Å². The number of carbonyl (C=O) groups is 1. The van der Waals surface area contributed by atoms with Crippen molar-refractivity contribution in [1.29, 1.82) is 0 Å². The molecule has 2 fully saturated rings. The smallest absolute Gasteiger partial charge is 0.328 e. The second kappa shape index (κ2) is 5.31. The molecule has 0 aromatic heterocycles. The van der Waals surface area contributed by atoms with Gasteiger partial charge in [0.25, 0.3) is 0 Å². The van der Waals surface area contributed by atoms with Crippen LogP contribution in [0.5, 0.6) is 5.75 Å². The summed E-state index contributed by atoms with van der Waals surface area (Å²) in [7, 11) is 0. The van der Waals surface area contributed by atoms with Crippen LogP contribution in [0.1, 0.15) is 32.6 Å². The lowest BCUT2D eigenvalue weighted by Gasteiger charge is -2.26. The van der Waals surface area contributed by atoms with E-state index in [4.69, 9.17) is 9.47 Å². The molecule has 1 saturated carbocycles. The number of anilines is 1. The summed E-state index contributed by atoms with van der Waals surface area (Å²) in [4.78, 5) is 11.5. The Morgan fingerprint density at radius 3 is 2.75 bits per heavy atom. The fourth-order valence-corrected chi connectivity index (χ4v) is 2.43. The van der Waals surface area contributed by atoms with Crippen LogP contribution in [0.25, 0.3) is 0 Å². The molecule has 108 valence electrons. The standard InChI is InChI=1S/C15H18FNO3/c1-9-7-13(15(18)19-9)17-10-5-6-14(12(16)8-10)20-11-3-2-4-11/h5-6,8-9,11,13,17H,2-4,7H2,1H3. The maximum Gasteiger partial charge on any atom is 0.328 e. The summed E-state index contributed by atoms with van der Waals surface area (Å²) in [5.41, 5.74) is 0.569. The minimum Gasteiger partial charge on any atom is -0.487 e. The van der Waals surface area contributed by atoms with Gasteiger partial charge in [0.1, 0.15) is 12.1 Å². The van der Waals surface area contributed by atoms with E-state index in [1.807, 2.05) is 6.92 Å². The van der Waals surface area contributed by atoms with Gasteiger partial charge in [-0.2, -0.15) is 0 Å². The summed E-state index contributed by atoms with van der Waals surface area (Å²) in [6, 6.07) is 4.31. The van der Waals surface area contributed by atoms with Crippen LogP contribution in [-0.2, 0) is 9.53 Å². The normalized spacial score (nSPS) is 26.0. The molecule has 0 radical (unpaired) electrons. The number of esters is 1. The Hall–Kier alpha value is -1.78. The summed E-state index contributed by atoms with van der Waals surface area (Å²) < 4.78 is 24.5. The molecule has 0 spiro atoms. The van der Waals surface area contributed by atoms with Crippen LogP contribution in [0.4, 0.5) is 10.1 Å². The number of hydrogen-bond donors (Lipinski definition) is 1. The van der Waals surface area contributed by atoms with E-state index < -0.39 is 11.9 Å². The molecule has 1 aromatic rings. The lowest BCUT2D eigenvalue weighted by Crippen LogP contribution is -2.25. The largest absolute Gasteiger partial charge is 0.487 e. The molecule has 2 atom stereocenters. The predicted octanol–water partition coefficient (Wildman–Crippen LogP) is 2.87. The van der Waals surface area contributed by atoms with E-state index in [2.05, 4.69) is 5.32 Å². The van der Waals surface area contributed by atoms with E-state index in [1.165, 1.54) is 6.07 Å². The third kappa shape index (κ3) is 2.71. The first-order valence-electron chi connectivity index (χ1n) is 7.05. The van der Waals surface area contributed by atoms with Gasteiger partial charge in [-0.25, -0.2) is 9.18 Å². The molecule has 5 heteroatoms. The van der Waals surface area contributed by atoms with Crippen molar-refractivity contribution in [1.82, 2.24) is 0 Å². The van der Waals surface area contributed by atoms with Crippen LogP contribution < -0.4 is 10.1 Å². The molecule has 1 N–H and O–H groups in total. The van der Waals surface area contributed by atoms with E-state index in [9.17, 15) is 9.18 Å². The zero-order valence-corrected chi connectivity index (χ0v) is 11.4. The van der Waals surface area contributed by atoms with Gasteiger partial charge < -0.3 is 14.8 Å². The number of nitrogens with one attached hydrogen (secondary N) is 1. The predicted molar refractivity (Wildman–Crippen MR) is 72.2 cm³/mol. The molecule has 2 aliphatic rings. The number of benzene rings is 1. The van der Waals surface area contributed by atoms with Crippen molar-refractivity contribution in [2.24, 2.45) is 0 Å². The Morgan fingerprint density at radius 1 is 1.40 bits per heavy atom. The Bertz CT molecular complexity index is 516. The van der Waals surface area contributed by atoms with E-state index in [1.54, 1.807) is 12.1 Å². The van der Waals surface area contributed by atoms with Gasteiger partial charge in [-0.05, 0) is 38.3 Å². The Labute approximate surface area is 117 Å². The molecule has 1 aromatic carbocycles. The van der Waals surface area contributed by atoms with Crippen molar-refractivity contribution < 1.29 is 18.7 Å². The molecule has 4 nitrogen and oxygen atoms in total. The quantitative estimate of drug-likeness (QED) is 0.861. The summed E-state index contributed by atoms with van der Waals surface area (Å²) in [6.45, 7) is 1.84. The summed E-state index contributed by atoms with van der Waals surface area (Å²) in [6.07, 6.45) is 3.78. The maximum absolute atomic E-state index is 13.9. The Kier molecular flexibility index (Phi) is 3.51. The molecular formula is C15H18FNO3. The Balaban J connectivity index is 1.65. The SMILES string of the molecule is CC1CC(Nc2ccc(OC3CCC3)c(F)c2)C(=O)O1. The maximum atomic E-state index is 13.9. The van der Waals surface area contributed by atoms with Crippen molar-refractivity contribution in [3.63, 3.8) is 0 Å². The number of carbonyl (C=O) groups excluding carboxylic acids is 1. The van der Waals surface area contributed by atoms with Crippen molar-refractivity contribution in [2.45, 2.75) is 50.9 Å². The van der Waals surface area contributed by atoms with Crippen LogP contribution in [0.3, 0.4) is 0 Å². The number of halogens is 1. The average molecular weight is 279 g/mol. The summed E-state index contributed by atoms with van der Waals surface area (Å²) in [5, 5.41) is 3.00. The highest BCUT2D eigenvalue weighted by molar-refractivity contribution is 5.81. The van der Waals surface area contributed by atoms with Crippen LogP contribution in [0, 0.1) is 5.82 Å². The van der Waals surface area contributed by atoms with E-state index in [-0.39, 0.29) is 23.9 Å².